The number of carbonyl (C=O) groups is 1. The quantitative estimate of drug-likeness (QED) is 0.904. The van der Waals surface area contributed by atoms with E-state index in [0.29, 0.717) is 18.1 Å². The number of hydrogen-bond acceptors (Lipinski definition) is 3. The third-order valence-electron chi connectivity index (χ3n) is 3.91. The number of rotatable bonds is 4. The number of hydrogen-bond donors (Lipinski definition) is 2. The second-order valence-electron chi connectivity index (χ2n) is 6.48. The Bertz CT molecular complexity index is 727. The Balaban J connectivity index is 1.89. The van der Waals surface area contributed by atoms with Crippen LogP contribution in [-0.2, 0) is 5.66 Å². The van der Waals surface area contributed by atoms with Crippen molar-refractivity contribution < 1.29 is 9.53 Å². The Morgan fingerprint density at radius 3 is 2.65 bits per heavy atom. The van der Waals surface area contributed by atoms with Crippen LogP contribution in [0.15, 0.2) is 48.5 Å². The van der Waals surface area contributed by atoms with Gasteiger partial charge in [-0.15, -0.1) is 0 Å². The zero-order valence-electron chi connectivity index (χ0n) is 13.7. The van der Waals surface area contributed by atoms with Crippen LogP contribution in [0.3, 0.4) is 0 Å². The van der Waals surface area contributed by atoms with Gasteiger partial charge in [-0.25, -0.2) is 0 Å². The van der Waals surface area contributed by atoms with Gasteiger partial charge in [-0.05, 0) is 37.1 Å². The Morgan fingerprint density at radius 2 is 1.87 bits per heavy atom. The molecule has 0 bridgehead atoms. The summed E-state index contributed by atoms with van der Waals surface area (Å²) in [5.41, 5.74) is 1.80. The van der Waals surface area contributed by atoms with Crippen LogP contribution in [0.4, 0.5) is 5.69 Å². The standard InChI is InChI=1S/C19H22N2O2/c1-13(2)12-23-15-8-6-7-14(11-15)19(3)20-17-10-5-4-9-16(17)18(22)21-19/h4-11,13,20H,12H2,1-3H3,(H,21,22). The third-order valence-corrected chi connectivity index (χ3v) is 3.91. The molecule has 3 rings (SSSR count). The molecule has 2 aromatic rings. The van der Waals surface area contributed by atoms with Crippen LogP contribution < -0.4 is 15.4 Å². The van der Waals surface area contributed by atoms with E-state index in [2.05, 4.69) is 24.5 Å². The summed E-state index contributed by atoms with van der Waals surface area (Å²) in [6.45, 7) is 6.86. The predicted molar refractivity (Wildman–Crippen MR) is 91.7 cm³/mol. The molecule has 1 amide bonds. The first kappa shape index (κ1) is 15.4. The van der Waals surface area contributed by atoms with Gasteiger partial charge in [0.25, 0.3) is 5.91 Å². The van der Waals surface area contributed by atoms with Gasteiger partial charge in [0.1, 0.15) is 11.4 Å². The number of carbonyl (C=O) groups excluding carboxylic acids is 1. The van der Waals surface area contributed by atoms with Crippen LogP contribution in [0.5, 0.6) is 5.75 Å². The average molecular weight is 310 g/mol. The molecule has 0 fully saturated rings. The Morgan fingerprint density at radius 1 is 1.09 bits per heavy atom. The van der Waals surface area contributed by atoms with Crippen LogP contribution in [-0.4, -0.2) is 12.5 Å². The minimum atomic E-state index is -0.664. The van der Waals surface area contributed by atoms with Gasteiger partial charge in [-0.3, -0.25) is 4.79 Å². The number of fused-ring (bicyclic) bond motifs is 1. The van der Waals surface area contributed by atoms with Gasteiger partial charge in [0.15, 0.2) is 0 Å². The first-order chi connectivity index (χ1) is 11.0. The molecule has 0 aromatic heterocycles. The highest BCUT2D eigenvalue weighted by Crippen LogP contribution is 2.32. The fourth-order valence-corrected chi connectivity index (χ4v) is 2.69. The lowest BCUT2D eigenvalue weighted by atomic mass is 9.96. The SMILES string of the molecule is CC(C)COc1cccc(C2(C)NC(=O)c3ccccc3N2)c1. The molecule has 4 nitrogen and oxygen atoms in total. The summed E-state index contributed by atoms with van der Waals surface area (Å²) in [5.74, 6) is 1.20. The molecule has 2 N–H and O–H groups in total. The highest BCUT2D eigenvalue weighted by molar-refractivity contribution is 6.02. The Kier molecular flexibility index (Phi) is 3.99. The molecule has 0 saturated carbocycles. The largest absolute Gasteiger partial charge is 0.493 e. The number of amides is 1. The van der Waals surface area contributed by atoms with Crippen molar-refractivity contribution in [1.82, 2.24) is 5.32 Å². The van der Waals surface area contributed by atoms with Crippen molar-refractivity contribution in [3.8, 4) is 5.75 Å². The van der Waals surface area contributed by atoms with E-state index in [9.17, 15) is 4.79 Å². The maximum atomic E-state index is 12.4. The minimum Gasteiger partial charge on any atom is -0.493 e. The van der Waals surface area contributed by atoms with E-state index in [4.69, 9.17) is 4.74 Å². The van der Waals surface area contributed by atoms with Crippen molar-refractivity contribution >= 4 is 11.6 Å². The second kappa shape index (κ2) is 5.95. The number of nitrogens with one attached hydrogen (secondary N) is 2. The van der Waals surface area contributed by atoms with Crippen LogP contribution in [0.25, 0.3) is 0 Å². The summed E-state index contributed by atoms with van der Waals surface area (Å²) in [7, 11) is 0. The highest BCUT2D eigenvalue weighted by atomic mass is 16.5. The average Bonchev–Trinajstić information content (AvgIpc) is 2.53. The summed E-state index contributed by atoms with van der Waals surface area (Å²) < 4.78 is 5.80. The van der Waals surface area contributed by atoms with Crippen LogP contribution in [0.2, 0.25) is 0 Å². The topological polar surface area (TPSA) is 50.4 Å². The van der Waals surface area contributed by atoms with Crippen molar-refractivity contribution in [2.75, 3.05) is 11.9 Å². The van der Waals surface area contributed by atoms with E-state index in [1.165, 1.54) is 0 Å². The molecule has 1 aliphatic rings. The number of para-hydroxylation sites is 1. The molecule has 1 aliphatic heterocycles. The lowest BCUT2D eigenvalue weighted by Gasteiger charge is -2.38. The van der Waals surface area contributed by atoms with Gasteiger partial charge in [-0.1, -0.05) is 38.1 Å². The summed E-state index contributed by atoms with van der Waals surface area (Å²) in [4.78, 5) is 12.4. The Labute approximate surface area is 136 Å². The normalized spacial score (nSPS) is 19.7. The fraction of sp³-hybridized carbons (Fsp3) is 0.316. The monoisotopic (exact) mass is 310 g/mol. The van der Waals surface area contributed by atoms with Crippen molar-refractivity contribution in [3.05, 3.63) is 59.7 Å². The summed E-state index contributed by atoms with van der Waals surface area (Å²) >= 11 is 0. The zero-order chi connectivity index (χ0) is 16.4. The van der Waals surface area contributed by atoms with E-state index in [1.807, 2.05) is 55.5 Å². The number of benzene rings is 2. The fourth-order valence-electron chi connectivity index (χ4n) is 2.69. The number of ether oxygens (including phenoxy) is 1. The van der Waals surface area contributed by atoms with Crippen molar-refractivity contribution in [1.29, 1.82) is 0 Å². The zero-order valence-corrected chi connectivity index (χ0v) is 13.7. The Hall–Kier alpha value is -2.49. The molecule has 1 unspecified atom stereocenters. The first-order valence-electron chi connectivity index (χ1n) is 7.91. The van der Waals surface area contributed by atoms with E-state index in [0.717, 1.165) is 17.0 Å². The maximum absolute atomic E-state index is 12.4. The lowest BCUT2D eigenvalue weighted by Crippen LogP contribution is -2.52. The lowest BCUT2D eigenvalue weighted by molar-refractivity contribution is 0.0906. The second-order valence-corrected chi connectivity index (χ2v) is 6.48. The molecule has 1 heterocycles. The summed E-state index contributed by atoms with van der Waals surface area (Å²) in [6.07, 6.45) is 0. The molecule has 0 saturated heterocycles. The van der Waals surface area contributed by atoms with Crippen molar-refractivity contribution in [2.24, 2.45) is 5.92 Å². The van der Waals surface area contributed by atoms with E-state index < -0.39 is 5.66 Å². The predicted octanol–water partition coefficient (Wildman–Crippen LogP) is 3.75. The van der Waals surface area contributed by atoms with Crippen molar-refractivity contribution in [3.63, 3.8) is 0 Å². The van der Waals surface area contributed by atoms with Crippen molar-refractivity contribution in [2.45, 2.75) is 26.4 Å². The maximum Gasteiger partial charge on any atom is 0.255 e. The molecule has 120 valence electrons. The third kappa shape index (κ3) is 3.16. The number of anilines is 1. The summed E-state index contributed by atoms with van der Waals surface area (Å²) in [6, 6.07) is 15.4. The molecule has 0 radical (unpaired) electrons. The van der Waals surface area contributed by atoms with Gasteiger partial charge in [0, 0.05) is 11.3 Å². The van der Waals surface area contributed by atoms with Gasteiger partial charge in [0.2, 0.25) is 0 Å². The van der Waals surface area contributed by atoms with E-state index in [1.54, 1.807) is 0 Å². The molecule has 0 aliphatic carbocycles. The molecule has 23 heavy (non-hydrogen) atoms. The molecule has 2 aromatic carbocycles. The van der Waals surface area contributed by atoms with Gasteiger partial charge >= 0.3 is 0 Å². The summed E-state index contributed by atoms with van der Waals surface area (Å²) in [5, 5.41) is 6.48. The molecule has 1 atom stereocenters. The van der Waals surface area contributed by atoms with Gasteiger partial charge in [0.05, 0.1) is 12.2 Å². The van der Waals surface area contributed by atoms with Crippen LogP contribution in [0, 0.1) is 5.92 Å². The van der Waals surface area contributed by atoms with Gasteiger partial charge < -0.3 is 15.4 Å². The molecule has 4 heteroatoms. The van der Waals surface area contributed by atoms with Gasteiger partial charge in [-0.2, -0.15) is 0 Å². The molecule has 0 spiro atoms. The highest BCUT2D eigenvalue weighted by Gasteiger charge is 2.34. The van der Waals surface area contributed by atoms with Crippen LogP contribution >= 0.6 is 0 Å². The van der Waals surface area contributed by atoms with E-state index >= 15 is 0 Å². The smallest absolute Gasteiger partial charge is 0.255 e. The van der Waals surface area contributed by atoms with E-state index in [-0.39, 0.29) is 5.91 Å². The molecular weight excluding hydrogens is 288 g/mol. The van der Waals surface area contributed by atoms with Crippen LogP contribution in [0.1, 0.15) is 36.7 Å². The minimum absolute atomic E-state index is 0.0737. The first-order valence-corrected chi connectivity index (χ1v) is 7.91. The molecular formula is C19H22N2O2.